The first-order valence-electron chi connectivity index (χ1n) is 8.65. The number of nitrogens with one attached hydrogen (secondary N) is 2. The fourth-order valence-corrected chi connectivity index (χ4v) is 2.33. The number of aryl methyl sites for hydroxylation is 2. The summed E-state index contributed by atoms with van der Waals surface area (Å²) in [5, 5.41) is 6.04. The van der Waals surface area contributed by atoms with E-state index in [0.29, 0.717) is 31.9 Å². The molecular formula is C19H26N4O2. The van der Waals surface area contributed by atoms with Gasteiger partial charge in [0, 0.05) is 30.0 Å². The zero-order valence-electron chi connectivity index (χ0n) is 15.1. The van der Waals surface area contributed by atoms with E-state index in [2.05, 4.69) is 27.5 Å². The highest BCUT2D eigenvalue weighted by molar-refractivity contribution is 5.90. The number of anilines is 2. The molecule has 0 aliphatic heterocycles. The van der Waals surface area contributed by atoms with Crippen LogP contribution in [0.4, 0.5) is 11.6 Å². The van der Waals surface area contributed by atoms with Gasteiger partial charge in [-0.05, 0) is 57.0 Å². The van der Waals surface area contributed by atoms with Crippen molar-refractivity contribution >= 4 is 17.5 Å². The Bertz CT molecular complexity index is 666. The topological polar surface area (TPSA) is 76.1 Å². The summed E-state index contributed by atoms with van der Waals surface area (Å²) in [7, 11) is 0. The predicted octanol–water partition coefficient (Wildman–Crippen LogP) is 3.71. The molecule has 1 aromatic heterocycles. The number of nitrogens with zero attached hydrogens (tertiary/aromatic N) is 2. The van der Waals surface area contributed by atoms with Crippen LogP contribution in [0.3, 0.4) is 0 Å². The Labute approximate surface area is 149 Å². The van der Waals surface area contributed by atoms with Crippen molar-refractivity contribution in [3.8, 4) is 5.75 Å². The molecule has 2 N–H and O–H groups in total. The van der Waals surface area contributed by atoms with Crippen molar-refractivity contribution < 1.29 is 9.53 Å². The summed E-state index contributed by atoms with van der Waals surface area (Å²) in [6.07, 6.45) is 2.12. The van der Waals surface area contributed by atoms with Crippen LogP contribution in [0, 0.1) is 13.8 Å². The van der Waals surface area contributed by atoms with Gasteiger partial charge in [0.1, 0.15) is 5.75 Å². The number of carbonyl (C=O) groups excluding carboxylic acids is 1. The average molecular weight is 342 g/mol. The second kappa shape index (κ2) is 9.61. The second-order valence-electron chi connectivity index (χ2n) is 5.93. The summed E-state index contributed by atoms with van der Waals surface area (Å²) in [6.45, 7) is 7.29. The minimum atomic E-state index is -0.00892. The SMILES string of the molecule is CCCOc1ccc(NC(=O)CCCNc2nc(C)cc(C)n2)cc1. The van der Waals surface area contributed by atoms with Crippen LogP contribution in [-0.4, -0.2) is 29.0 Å². The third kappa shape index (κ3) is 6.79. The van der Waals surface area contributed by atoms with Crippen molar-refractivity contribution in [2.45, 2.75) is 40.0 Å². The number of rotatable bonds is 9. The molecule has 0 aliphatic rings. The van der Waals surface area contributed by atoms with E-state index in [1.807, 2.05) is 44.2 Å². The molecule has 25 heavy (non-hydrogen) atoms. The largest absolute Gasteiger partial charge is 0.494 e. The first-order chi connectivity index (χ1) is 12.1. The summed E-state index contributed by atoms with van der Waals surface area (Å²) < 4.78 is 5.52. The molecule has 0 unspecified atom stereocenters. The monoisotopic (exact) mass is 342 g/mol. The average Bonchev–Trinajstić information content (AvgIpc) is 2.57. The van der Waals surface area contributed by atoms with Gasteiger partial charge in [0.05, 0.1) is 6.61 Å². The van der Waals surface area contributed by atoms with Crippen LogP contribution in [0.1, 0.15) is 37.6 Å². The van der Waals surface area contributed by atoms with Gasteiger partial charge in [-0.25, -0.2) is 9.97 Å². The first-order valence-corrected chi connectivity index (χ1v) is 8.65. The molecule has 2 aromatic rings. The Kier molecular flexibility index (Phi) is 7.19. The highest BCUT2D eigenvalue weighted by atomic mass is 16.5. The van der Waals surface area contributed by atoms with Crippen molar-refractivity contribution in [1.29, 1.82) is 0 Å². The molecule has 6 heteroatoms. The van der Waals surface area contributed by atoms with Crippen LogP contribution >= 0.6 is 0 Å². The van der Waals surface area contributed by atoms with Crippen LogP contribution in [-0.2, 0) is 4.79 Å². The number of amides is 1. The lowest BCUT2D eigenvalue weighted by Gasteiger charge is -2.08. The van der Waals surface area contributed by atoms with Gasteiger partial charge in [0.15, 0.2) is 0 Å². The summed E-state index contributed by atoms with van der Waals surface area (Å²) >= 11 is 0. The van der Waals surface area contributed by atoms with E-state index in [-0.39, 0.29) is 5.91 Å². The van der Waals surface area contributed by atoms with Gasteiger partial charge in [-0.2, -0.15) is 0 Å². The molecule has 134 valence electrons. The van der Waals surface area contributed by atoms with E-state index >= 15 is 0 Å². The van der Waals surface area contributed by atoms with Crippen molar-refractivity contribution in [3.05, 3.63) is 41.7 Å². The van der Waals surface area contributed by atoms with Crippen molar-refractivity contribution in [3.63, 3.8) is 0 Å². The lowest BCUT2D eigenvalue weighted by Crippen LogP contribution is -2.14. The van der Waals surface area contributed by atoms with Crippen molar-refractivity contribution in [2.24, 2.45) is 0 Å². The first kappa shape index (κ1) is 18.7. The van der Waals surface area contributed by atoms with Gasteiger partial charge >= 0.3 is 0 Å². The smallest absolute Gasteiger partial charge is 0.224 e. The molecule has 0 saturated carbocycles. The summed E-state index contributed by atoms with van der Waals surface area (Å²) in [6, 6.07) is 9.36. The Hall–Kier alpha value is -2.63. The zero-order chi connectivity index (χ0) is 18.1. The minimum absolute atomic E-state index is 0.00892. The third-order valence-corrected chi connectivity index (χ3v) is 3.46. The molecule has 1 aromatic carbocycles. The number of benzene rings is 1. The number of carbonyl (C=O) groups is 1. The van der Waals surface area contributed by atoms with Gasteiger partial charge in [0.25, 0.3) is 0 Å². The summed E-state index contributed by atoms with van der Waals surface area (Å²) in [5.41, 5.74) is 2.64. The van der Waals surface area contributed by atoms with Crippen LogP contribution in [0.2, 0.25) is 0 Å². The molecule has 0 bridgehead atoms. The molecular weight excluding hydrogens is 316 g/mol. The van der Waals surface area contributed by atoms with E-state index in [0.717, 1.165) is 29.2 Å². The molecule has 0 spiro atoms. The maximum absolute atomic E-state index is 12.0. The number of hydrogen-bond acceptors (Lipinski definition) is 5. The lowest BCUT2D eigenvalue weighted by atomic mass is 10.2. The highest BCUT2D eigenvalue weighted by Crippen LogP contribution is 2.16. The third-order valence-electron chi connectivity index (χ3n) is 3.46. The predicted molar refractivity (Wildman–Crippen MR) is 100 cm³/mol. The summed E-state index contributed by atoms with van der Waals surface area (Å²) in [4.78, 5) is 20.6. The second-order valence-corrected chi connectivity index (χ2v) is 5.93. The van der Waals surface area contributed by atoms with E-state index in [9.17, 15) is 4.79 Å². The number of hydrogen-bond donors (Lipinski definition) is 2. The van der Waals surface area contributed by atoms with Gasteiger partial charge in [-0.1, -0.05) is 6.92 Å². The number of aromatic nitrogens is 2. The molecule has 0 atom stereocenters. The molecule has 2 rings (SSSR count). The molecule has 0 radical (unpaired) electrons. The number of ether oxygens (including phenoxy) is 1. The summed E-state index contributed by atoms with van der Waals surface area (Å²) in [5.74, 6) is 1.42. The Morgan fingerprint density at radius 3 is 2.44 bits per heavy atom. The van der Waals surface area contributed by atoms with E-state index in [4.69, 9.17) is 4.74 Å². The van der Waals surface area contributed by atoms with Gasteiger partial charge in [-0.3, -0.25) is 4.79 Å². The van der Waals surface area contributed by atoms with E-state index in [1.165, 1.54) is 0 Å². The Morgan fingerprint density at radius 1 is 1.12 bits per heavy atom. The molecule has 0 fully saturated rings. The quantitative estimate of drug-likeness (QED) is 0.679. The molecule has 6 nitrogen and oxygen atoms in total. The maximum atomic E-state index is 12.0. The lowest BCUT2D eigenvalue weighted by molar-refractivity contribution is -0.116. The van der Waals surface area contributed by atoms with Crippen LogP contribution < -0.4 is 15.4 Å². The standard InChI is InChI=1S/C19H26N4O2/c1-4-12-25-17-9-7-16(8-10-17)23-18(24)6-5-11-20-19-21-14(2)13-15(3)22-19/h7-10,13H,4-6,11-12H2,1-3H3,(H,23,24)(H,20,21,22). The minimum Gasteiger partial charge on any atom is -0.494 e. The van der Waals surface area contributed by atoms with Crippen molar-refractivity contribution in [1.82, 2.24) is 9.97 Å². The zero-order valence-corrected chi connectivity index (χ0v) is 15.1. The molecule has 1 amide bonds. The molecule has 0 saturated heterocycles. The van der Waals surface area contributed by atoms with Crippen LogP contribution in [0.15, 0.2) is 30.3 Å². The fourth-order valence-electron chi connectivity index (χ4n) is 2.33. The van der Waals surface area contributed by atoms with Gasteiger partial charge < -0.3 is 15.4 Å². The van der Waals surface area contributed by atoms with E-state index < -0.39 is 0 Å². The Balaban J connectivity index is 1.70. The fraction of sp³-hybridized carbons (Fsp3) is 0.421. The van der Waals surface area contributed by atoms with E-state index in [1.54, 1.807) is 0 Å². The van der Waals surface area contributed by atoms with Gasteiger partial charge in [0.2, 0.25) is 11.9 Å². The normalized spacial score (nSPS) is 10.4. The van der Waals surface area contributed by atoms with Crippen molar-refractivity contribution in [2.75, 3.05) is 23.8 Å². The van der Waals surface area contributed by atoms with Crippen LogP contribution in [0.5, 0.6) is 5.75 Å². The molecule has 0 aliphatic carbocycles. The Morgan fingerprint density at radius 2 is 1.80 bits per heavy atom. The highest BCUT2D eigenvalue weighted by Gasteiger charge is 2.04. The molecule has 1 heterocycles. The van der Waals surface area contributed by atoms with Gasteiger partial charge in [-0.15, -0.1) is 0 Å². The van der Waals surface area contributed by atoms with Crippen LogP contribution in [0.25, 0.3) is 0 Å². The maximum Gasteiger partial charge on any atom is 0.224 e.